The summed E-state index contributed by atoms with van der Waals surface area (Å²) in [6.07, 6.45) is 2.41. The summed E-state index contributed by atoms with van der Waals surface area (Å²) in [6, 6.07) is 19.6. The Hall–Kier alpha value is -3.34. The first-order valence-electron chi connectivity index (χ1n) is 8.35. The van der Waals surface area contributed by atoms with Gasteiger partial charge in [0.05, 0.1) is 12.7 Å². The fraction of sp³-hybridized carbons (Fsp3) is 0.143. The Morgan fingerprint density at radius 2 is 1.62 bits per heavy atom. The Labute approximate surface area is 152 Å². The molecule has 0 aliphatic heterocycles. The summed E-state index contributed by atoms with van der Waals surface area (Å²) in [7, 11) is 1.66. The minimum absolute atomic E-state index is 0.224. The van der Waals surface area contributed by atoms with Crippen LogP contribution in [0.4, 0.5) is 5.82 Å². The minimum atomic E-state index is -0.224. The van der Waals surface area contributed by atoms with Crippen molar-refractivity contribution < 1.29 is 9.53 Å². The molecular formula is C21H21N3O2. The van der Waals surface area contributed by atoms with E-state index in [0.717, 1.165) is 17.7 Å². The van der Waals surface area contributed by atoms with Gasteiger partial charge in [-0.15, -0.1) is 0 Å². The summed E-state index contributed by atoms with van der Waals surface area (Å²) in [4.78, 5) is 16.1. The van der Waals surface area contributed by atoms with E-state index in [0.29, 0.717) is 12.1 Å². The van der Waals surface area contributed by atoms with Crippen molar-refractivity contribution in [3.05, 3.63) is 89.1 Å². The van der Waals surface area contributed by atoms with Gasteiger partial charge in [-0.2, -0.15) is 0 Å². The number of hydrogen-bond acceptors (Lipinski definition) is 4. The zero-order valence-corrected chi connectivity index (χ0v) is 14.6. The maximum Gasteiger partial charge on any atom is 0.255 e. The summed E-state index contributed by atoms with van der Waals surface area (Å²) >= 11 is 0. The number of aromatic nitrogens is 1. The number of nitrogens with zero attached hydrogens (tertiary/aromatic N) is 1. The number of carbonyl (C=O) groups is 1. The molecule has 0 aliphatic rings. The van der Waals surface area contributed by atoms with Crippen molar-refractivity contribution in [2.45, 2.75) is 13.0 Å². The molecule has 0 bridgehead atoms. The number of nitrogens with one attached hydrogen (secondary N) is 1. The highest BCUT2D eigenvalue weighted by atomic mass is 16.5. The van der Waals surface area contributed by atoms with Crippen LogP contribution in [0.5, 0.6) is 5.75 Å². The predicted molar refractivity (Wildman–Crippen MR) is 102 cm³/mol. The second-order valence-electron chi connectivity index (χ2n) is 5.96. The molecule has 1 heterocycles. The van der Waals surface area contributed by atoms with Crippen LogP contribution in [0.25, 0.3) is 0 Å². The van der Waals surface area contributed by atoms with Crippen molar-refractivity contribution >= 4 is 11.7 Å². The van der Waals surface area contributed by atoms with Gasteiger partial charge in [0, 0.05) is 12.7 Å². The minimum Gasteiger partial charge on any atom is -0.497 e. The average molecular weight is 347 g/mol. The van der Waals surface area contributed by atoms with E-state index in [4.69, 9.17) is 10.5 Å². The third-order valence-electron chi connectivity index (χ3n) is 4.13. The first-order chi connectivity index (χ1) is 12.7. The lowest BCUT2D eigenvalue weighted by Crippen LogP contribution is -2.24. The number of ether oxygens (including phenoxy) is 1. The van der Waals surface area contributed by atoms with Crippen molar-refractivity contribution in [2.75, 3.05) is 12.8 Å². The molecular weight excluding hydrogens is 326 g/mol. The number of methoxy groups -OCH3 is 1. The second-order valence-corrected chi connectivity index (χ2v) is 5.96. The van der Waals surface area contributed by atoms with Crippen molar-refractivity contribution in [3.63, 3.8) is 0 Å². The van der Waals surface area contributed by atoms with Crippen molar-refractivity contribution in [1.82, 2.24) is 10.3 Å². The molecule has 3 aromatic rings. The predicted octanol–water partition coefficient (Wildman–Crippen LogP) is 3.19. The van der Waals surface area contributed by atoms with Crippen molar-refractivity contribution in [1.29, 1.82) is 0 Å². The quantitative estimate of drug-likeness (QED) is 0.718. The van der Waals surface area contributed by atoms with Gasteiger partial charge >= 0.3 is 0 Å². The van der Waals surface area contributed by atoms with Crippen molar-refractivity contribution in [3.8, 4) is 5.75 Å². The first kappa shape index (κ1) is 17.5. The molecule has 0 fully saturated rings. The first-order valence-corrected chi connectivity index (χ1v) is 8.35. The standard InChI is InChI=1S/C21H21N3O2/c1-26-18-10-8-16(9-11-18)13-15-4-6-17(7-5-15)14-24-21(25)19-3-2-12-23-20(19)22/h2-12H,13-14H2,1H3,(H2,22,23)(H,24,25). The Bertz CT molecular complexity index is 875. The molecule has 0 aliphatic carbocycles. The number of carbonyl (C=O) groups excluding carboxylic acids is 1. The summed E-state index contributed by atoms with van der Waals surface area (Å²) in [6.45, 7) is 0.440. The lowest BCUT2D eigenvalue weighted by atomic mass is 10.0. The molecule has 0 saturated carbocycles. The highest BCUT2D eigenvalue weighted by Gasteiger charge is 2.09. The number of benzene rings is 2. The molecule has 0 spiro atoms. The summed E-state index contributed by atoms with van der Waals surface area (Å²) in [5, 5.41) is 2.87. The molecule has 5 heteroatoms. The van der Waals surface area contributed by atoms with Gasteiger partial charge in [0.2, 0.25) is 0 Å². The van der Waals surface area contributed by atoms with Crippen LogP contribution in [-0.2, 0) is 13.0 Å². The number of pyridine rings is 1. The molecule has 5 nitrogen and oxygen atoms in total. The Morgan fingerprint density at radius 3 is 2.23 bits per heavy atom. The Morgan fingerprint density at radius 1 is 1.00 bits per heavy atom. The van der Waals surface area contributed by atoms with Gasteiger partial charge in [-0.1, -0.05) is 36.4 Å². The zero-order chi connectivity index (χ0) is 18.4. The molecule has 26 heavy (non-hydrogen) atoms. The molecule has 1 amide bonds. The molecule has 3 N–H and O–H groups in total. The molecule has 0 saturated heterocycles. The van der Waals surface area contributed by atoms with Gasteiger partial charge in [-0.25, -0.2) is 4.98 Å². The molecule has 0 atom stereocenters. The van der Waals surface area contributed by atoms with Crippen LogP contribution in [0.3, 0.4) is 0 Å². The second kappa shape index (κ2) is 8.16. The average Bonchev–Trinajstić information content (AvgIpc) is 2.68. The summed E-state index contributed by atoms with van der Waals surface area (Å²) < 4.78 is 5.17. The third-order valence-corrected chi connectivity index (χ3v) is 4.13. The Kier molecular flexibility index (Phi) is 5.49. The van der Waals surface area contributed by atoms with E-state index in [1.54, 1.807) is 25.4 Å². The van der Waals surface area contributed by atoms with Gasteiger partial charge in [0.25, 0.3) is 5.91 Å². The smallest absolute Gasteiger partial charge is 0.255 e. The third kappa shape index (κ3) is 4.39. The van der Waals surface area contributed by atoms with E-state index in [1.807, 2.05) is 24.3 Å². The van der Waals surface area contributed by atoms with Crippen LogP contribution < -0.4 is 15.8 Å². The number of nitrogens with two attached hydrogens (primary N) is 1. The molecule has 132 valence electrons. The largest absolute Gasteiger partial charge is 0.497 e. The van der Waals surface area contributed by atoms with Gasteiger partial charge in [-0.05, 0) is 47.4 Å². The highest BCUT2D eigenvalue weighted by Crippen LogP contribution is 2.15. The fourth-order valence-corrected chi connectivity index (χ4v) is 2.64. The van der Waals surface area contributed by atoms with Crippen LogP contribution in [0.1, 0.15) is 27.0 Å². The maximum atomic E-state index is 12.2. The lowest BCUT2D eigenvalue weighted by Gasteiger charge is -2.08. The molecule has 0 unspecified atom stereocenters. The number of rotatable bonds is 6. The van der Waals surface area contributed by atoms with E-state index < -0.39 is 0 Å². The van der Waals surface area contributed by atoms with E-state index in [2.05, 4.69) is 34.6 Å². The topological polar surface area (TPSA) is 77.2 Å². The number of hydrogen-bond donors (Lipinski definition) is 2. The van der Waals surface area contributed by atoms with Gasteiger partial charge in [-0.3, -0.25) is 4.79 Å². The monoisotopic (exact) mass is 347 g/mol. The van der Waals surface area contributed by atoms with Crippen molar-refractivity contribution in [2.24, 2.45) is 0 Å². The maximum absolute atomic E-state index is 12.2. The molecule has 1 aromatic heterocycles. The molecule has 3 rings (SSSR count). The molecule has 2 aromatic carbocycles. The van der Waals surface area contributed by atoms with Crippen LogP contribution in [0, 0.1) is 0 Å². The van der Waals surface area contributed by atoms with E-state index in [1.165, 1.54) is 11.1 Å². The van der Waals surface area contributed by atoms with E-state index in [9.17, 15) is 4.79 Å². The van der Waals surface area contributed by atoms with Crippen LogP contribution in [0.15, 0.2) is 66.9 Å². The van der Waals surface area contributed by atoms with Crippen LogP contribution in [0.2, 0.25) is 0 Å². The zero-order valence-electron chi connectivity index (χ0n) is 14.6. The van der Waals surface area contributed by atoms with Gasteiger partial charge < -0.3 is 15.8 Å². The number of anilines is 1. The van der Waals surface area contributed by atoms with E-state index >= 15 is 0 Å². The molecule has 0 radical (unpaired) electrons. The fourth-order valence-electron chi connectivity index (χ4n) is 2.64. The van der Waals surface area contributed by atoms with Gasteiger partial charge in [0.15, 0.2) is 0 Å². The number of amides is 1. The van der Waals surface area contributed by atoms with Crippen LogP contribution >= 0.6 is 0 Å². The SMILES string of the molecule is COc1ccc(Cc2ccc(CNC(=O)c3cccnc3N)cc2)cc1. The van der Waals surface area contributed by atoms with Gasteiger partial charge in [0.1, 0.15) is 11.6 Å². The summed E-state index contributed by atoms with van der Waals surface area (Å²) in [5.74, 6) is 0.867. The normalized spacial score (nSPS) is 10.3. The van der Waals surface area contributed by atoms with E-state index in [-0.39, 0.29) is 11.7 Å². The Balaban J connectivity index is 1.57. The lowest BCUT2D eigenvalue weighted by molar-refractivity contribution is 0.0951. The van der Waals surface area contributed by atoms with Crippen LogP contribution in [-0.4, -0.2) is 18.0 Å². The highest BCUT2D eigenvalue weighted by molar-refractivity contribution is 5.98. The number of nitrogen functional groups attached to an aromatic ring is 1. The summed E-state index contributed by atoms with van der Waals surface area (Å²) in [5.41, 5.74) is 9.57.